The van der Waals surface area contributed by atoms with Crippen molar-refractivity contribution in [2.24, 2.45) is 5.92 Å². The van der Waals surface area contributed by atoms with E-state index in [1.54, 1.807) is 0 Å². The zero-order chi connectivity index (χ0) is 11.5. The van der Waals surface area contributed by atoms with E-state index in [4.69, 9.17) is 11.6 Å². The highest BCUT2D eigenvalue weighted by molar-refractivity contribution is 6.33. The summed E-state index contributed by atoms with van der Waals surface area (Å²) in [6.45, 7) is 5.40. The van der Waals surface area contributed by atoms with E-state index in [1.165, 1.54) is 17.7 Å². The molecular weight excluding hydrogens is 220 g/mol. The minimum atomic E-state index is 0.752. The minimum Gasteiger partial charge on any atom is -0.370 e. The number of nitrogens with one attached hydrogen (secondary N) is 1. The van der Waals surface area contributed by atoms with Crippen molar-refractivity contribution in [2.75, 3.05) is 31.6 Å². The Morgan fingerprint density at radius 2 is 2.31 bits per heavy atom. The topological polar surface area (TPSA) is 15.3 Å². The van der Waals surface area contributed by atoms with E-state index >= 15 is 0 Å². The molecule has 2 nitrogen and oxygen atoms in total. The number of hydrogen-bond donors (Lipinski definition) is 1. The summed E-state index contributed by atoms with van der Waals surface area (Å²) in [5, 5.41) is 4.13. The van der Waals surface area contributed by atoms with Crippen molar-refractivity contribution >= 4 is 17.3 Å². The molecule has 1 aromatic rings. The summed E-state index contributed by atoms with van der Waals surface area (Å²) in [6, 6.07) is 6.31. The smallest absolute Gasteiger partial charge is 0.0642 e. The van der Waals surface area contributed by atoms with Crippen LogP contribution in [0.3, 0.4) is 0 Å². The number of nitrogens with zero attached hydrogens (tertiary/aromatic N) is 1. The van der Waals surface area contributed by atoms with Gasteiger partial charge >= 0.3 is 0 Å². The molecule has 0 bridgehead atoms. The Morgan fingerprint density at radius 3 is 3.00 bits per heavy atom. The van der Waals surface area contributed by atoms with Crippen LogP contribution < -0.4 is 10.2 Å². The zero-order valence-electron chi connectivity index (χ0n) is 9.96. The normalized spacial score (nSPS) is 20.4. The molecule has 1 N–H and O–H groups in total. The molecule has 1 fully saturated rings. The number of benzene rings is 1. The number of aryl methyl sites for hydroxylation is 1. The van der Waals surface area contributed by atoms with Gasteiger partial charge in [0.25, 0.3) is 0 Å². The molecule has 1 atom stereocenters. The van der Waals surface area contributed by atoms with Gasteiger partial charge in [-0.1, -0.05) is 17.7 Å². The van der Waals surface area contributed by atoms with Gasteiger partial charge in [-0.3, -0.25) is 0 Å². The van der Waals surface area contributed by atoms with Crippen molar-refractivity contribution in [3.8, 4) is 0 Å². The third-order valence-electron chi connectivity index (χ3n) is 3.22. The third-order valence-corrected chi connectivity index (χ3v) is 3.53. The van der Waals surface area contributed by atoms with Crippen LogP contribution in [0.5, 0.6) is 0 Å². The molecule has 0 amide bonds. The summed E-state index contributed by atoms with van der Waals surface area (Å²) in [6.07, 6.45) is 1.26. The summed E-state index contributed by atoms with van der Waals surface area (Å²) < 4.78 is 0. The molecule has 16 heavy (non-hydrogen) atoms. The molecule has 2 rings (SSSR count). The van der Waals surface area contributed by atoms with Gasteiger partial charge in [0.1, 0.15) is 0 Å². The molecule has 0 spiro atoms. The lowest BCUT2D eigenvalue weighted by atomic mass is 10.1. The molecule has 0 radical (unpaired) electrons. The van der Waals surface area contributed by atoms with Gasteiger partial charge in [-0.2, -0.15) is 0 Å². The van der Waals surface area contributed by atoms with Crippen LogP contribution in [-0.4, -0.2) is 26.7 Å². The second-order valence-corrected chi connectivity index (χ2v) is 5.02. The minimum absolute atomic E-state index is 0.752. The van der Waals surface area contributed by atoms with Crippen LogP contribution >= 0.6 is 11.6 Å². The Bertz CT molecular complexity index is 365. The monoisotopic (exact) mass is 238 g/mol. The van der Waals surface area contributed by atoms with E-state index in [0.29, 0.717) is 0 Å². The highest BCUT2D eigenvalue weighted by Crippen LogP contribution is 2.30. The summed E-state index contributed by atoms with van der Waals surface area (Å²) in [7, 11) is 2.02. The second kappa shape index (κ2) is 5.07. The fraction of sp³-hybridized carbons (Fsp3) is 0.538. The van der Waals surface area contributed by atoms with Gasteiger partial charge < -0.3 is 10.2 Å². The average molecular weight is 239 g/mol. The van der Waals surface area contributed by atoms with Gasteiger partial charge in [0.05, 0.1) is 10.7 Å². The molecule has 1 saturated heterocycles. The van der Waals surface area contributed by atoms with Gasteiger partial charge in [0.15, 0.2) is 0 Å². The molecule has 88 valence electrons. The lowest BCUT2D eigenvalue weighted by Crippen LogP contribution is -2.24. The molecule has 0 aromatic heterocycles. The molecule has 1 heterocycles. The van der Waals surface area contributed by atoms with E-state index in [0.717, 1.165) is 30.6 Å². The number of anilines is 1. The maximum atomic E-state index is 6.28. The van der Waals surface area contributed by atoms with Crippen molar-refractivity contribution in [1.82, 2.24) is 5.32 Å². The largest absolute Gasteiger partial charge is 0.370 e. The highest BCUT2D eigenvalue weighted by Gasteiger charge is 2.23. The zero-order valence-corrected chi connectivity index (χ0v) is 10.7. The maximum Gasteiger partial charge on any atom is 0.0642 e. The van der Waals surface area contributed by atoms with E-state index in [1.807, 2.05) is 13.1 Å². The van der Waals surface area contributed by atoms with E-state index in [-0.39, 0.29) is 0 Å². The molecule has 1 aliphatic rings. The van der Waals surface area contributed by atoms with Crippen LogP contribution in [0.4, 0.5) is 5.69 Å². The predicted molar refractivity (Wildman–Crippen MR) is 70.4 cm³/mol. The number of rotatable bonds is 3. The summed E-state index contributed by atoms with van der Waals surface area (Å²) in [5.74, 6) is 0.752. The quantitative estimate of drug-likeness (QED) is 0.871. The fourth-order valence-corrected chi connectivity index (χ4v) is 2.73. The molecule has 1 aliphatic heterocycles. The Hall–Kier alpha value is -0.730. The summed E-state index contributed by atoms with van der Waals surface area (Å²) in [4.78, 5) is 2.39. The van der Waals surface area contributed by atoms with Gasteiger partial charge in [-0.25, -0.2) is 0 Å². The third kappa shape index (κ3) is 2.50. The van der Waals surface area contributed by atoms with E-state index in [9.17, 15) is 0 Å². The second-order valence-electron chi connectivity index (χ2n) is 4.61. The number of hydrogen-bond acceptors (Lipinski definition) is 2. The predicted octanol–water partition coefficient (Wildman–Crippen LogP) is 2.69. The Balaban J connectivity index is 2.08. The van der Waals surface area contributed by atoms with Crippen molar-refractivity contribution in [1.29, 1.82) is 0 Å². The Morgan fingerprint density at radius 1 is 1.50 bits per heavy atom. The number of halogens is 1. The standard InChI is InChI=1S/C13H19ClN2/c1-10-3-4-13(12(14)7-10)16-6-5-11(9-16)8-15-2/h3-4,7,11,15H,5-6,8-9H2,1-2H3. The van der Waals surface area contributed by atoms with Crippen molar-refractivity contribution in [2.45, 2.75) is 13.3 Å². The molecule has 1 aromatic carbocycles. The van der Waals surface area contributed by atoms with Crippen molar-refractivity contribution in [3.63, 3.8) is 0 Å². The lowest BCUT2D eigenvalue weighted by Gasteiger charge is -2.20. The molecule has 0 saturated carbocycles. The SMILES string of the molecule is CNCC1CCN(c2ccc(C)cc2Cl)C1. The van der Waals surface area contributed by atoms with Crippen molar-refractivity contribution in [3.05, 3.63) is 28.8 Å². The maximum absolute atomic E-state index is 6.28. The van der Waals surface area contributed by atoms with Crippen LogP contribution in [0, 0.1) is 12.8 Å². The summed E-state index contributed by atoms with van der Waals surface area (Å²) >= 11 is 6.28. The van der Waals surface area contributed by atoms with Gasteiger partial charge in [-0.05, 0) is 50.6 Å². The fourth-order valence-electron chi connectivity index (χ4n) is 2.38. The van der Waals surface area contributed by atoms with Gasteiger partial charge in [0, 0.05) is 13.1 Å². The Labute approximate surface area is 103 Å². The van der Waals surface area contributed by atoms with Crippen LogP contribution in [-0.2, 0) is 0 Å². The molecule has 1 unspecified atom stereocenters. The van der Waals surface area contributed by atoms with Crippen molar-refractivity contribution < 1.29 is 0 Å². The average Bonchev–Trinajstić information content (AvgIpc) is 2.67. The van der Waals surface area contributed by atoms with Crippen LogP contribution in [0.2, 0.25) is 5.02 Å². The van der Waals surface area contributed by atoms with Crippen LogP contribution in [0.1, 0.15) is 12.0 Å². The lowest BCUT2D eigenvalue weighted by molar-refractivity contribution is 0.549. The Kier molecular flexibility index (Phi) is 3.72. The highest BCUT2D eigenvalue weighted by atomic mass is 35.5. The first kappa shape index (κ1) is 11.7. The van der Waals surface area contributed by atoms with Gasteiger partial charge in [0.2, 0.25) is 0 Å². The van der Waals surface area contributed by atoms with E-state index in [2.05, 4.69) is 29.3 Å². The van der Waals surface area contributed by atoms with Crippen LogP contribution in [0.15, 0.2) is 18.2 Å². The van der Waals surface area contributed by atoms with Gasteiger partial charge in [-0.15, -0.1) is 0 Å². The molecule has 0 aliphatic carbocycles. The molecular formula is C13H19ClN2. The molecule has 3 heteroatoms. The first-order chi connectivity index (χ1) is 7.70. The first-order valence-electron chi connectivity index (χ1n) is 5.86. The first-order valence-corrected chi connectivity index (χ1v) is 6.24. The summed E-state index contributed by atoms with van der Waals surface area (Å²) in [5.41, 5.74) is 2.41. The van der Waals surface area contributed by atoms with Crippen LogP contribution in [0.25, 0.3) is 0 Å². The van der Waals surface area contributed by atoms with E-state index < -0.39 is 0 Å².